The highest BCUT2D eigenvalue weighted by Gasteiger charge is 2.05. The van der Waals surface area contributed by atoms with Gasteiger partial charge in [0.15, 0.2) is 5.89 Å². The molecule has 0 aromatic carbocycles. The number of aromatic nitrogens is 1. The molecule has 0 saturated heterocycles. The van der Waals surface area contributed by atoms with Crippen molar-refractivity contribution in [2.24, 2.45) is 0 Å². The zero-order valence-corrected chi connectivity index (χ0v) is 7.92. The zero-order chi connectivity index (χ0) is 8.97. The summed E-state index contributed by atoms with van der Waals surface area (Å²) < 4.78 is 5.45. The fraction of sp³-hybridized carbons (Fsp3) is 0.667. The fourth-order valence-corrected chi connectivity index (χ4v) is 1.01. The molecule has 1 heterocycles. The number of hydrogen-bond acceptors (Lipinski definition) is 3. The number of nitrogens with one attached hydrogen (secondary N) is 1. The van der Waals surface area contributed by atoms with Crippen molar-refractivity contribution >= 4 is 0 Å². The largest absolute Gasteiger partial charge is 0.446 e. The lowest BCUT2D eigenvalue weighted by Gasteiger charge is -2.05. The van der Waals surface area contributed by atoms with Crippen molar-refractivity contribution in [1.29, 1.82) is 0 Å². The Bertz CT molecular complexity index is 232. The number of likely N-dealkylation sites (N-methyl/N-ethyl adjacent to an activating group) is 1. The predicted molar refractivity (Wildman–Crippen MR) is 48.1 cm³/mol. The van der Waals surface area contributed by atoms with Crippen molar-refractivity contribution in [2.45, 2.75) is 32.7 Å². The number of hydrogen-bond donors (Lipinski definition) is 1. The van der Waals surface area contributed by atoms with Crippen molar-refractivity contribution in [1.82, 2.24) is 10.3 Å². The van der Waals surface area contributed by atoms with Gasteiger partial charge < -0.3 is 9.73 Å². The molecule has 0 saturated carbocycles. The molecule has 1 rings (SSSR count). The molecule has 68 valence electrons. The van der Waals surface area contributed by atoms with Crippen molar-refractivity contribution in [3.8, 4) is 0 Å². The van der Waals surface area contributed by atoms with Crippen LogP contribution in [0.4, 0.5) is 0 Å². The van der Waals surface area contributed by atoms with Gasteiger partial charge in [0, 0.05) is 18.9 Å². The Balaban J connectivity index is 2.52. The number of aryl methyl sites for hydroxylation is 1. The van der Waals surface area contributed by atoms with Crippen LogP contribution in [-0.4, -0.2) is 18.1 Å². The van der Waals surface area contributed by atoms with Crippen LogP contribution < -0.4 is 5.32 Å². The maximum atomic E-state index is 5.45. The second-order valence-electron chi connectivity index (χ2n) is 2.97. The first-order valence-corrected chi connectivity index (χ1v) is 4.37. The Morgan fingerprint density at radius 2 is 2.42 bits per heavy atom. The number of nitrogens with zero attached hydrogens (tertiary/aromatic N) is 1. The molecule has 1 unspecified atom stereocenters. The third-order valence-corrected chi connectivity index (χ3v) is 1.90. The third-order valence-electron chi connectivity index (χ3n) is 1.90. The third kappa shape index (κ3) is 2.34. The van der Waals surface area contributed by atoms with Crippen LogP contribution in [0.5, 0.6) is 0 Å². The zero-order valence-electron chi connectivity index (χ0n) is 7.92. The monoisotopic (exact) mass is 168 g/mol. The highest BCUT2D eigenvalue weighted by molar-refractivity contribution is 4.96. The summed E-state index contributed by atoms with van der Waals surface area (Å²) in [5.41, 5.74) is 0. The fourth-order valence-electron chi connectivity index (χ4n) is 1.01. The summed E-state index contributed by atoms with van der Waals surface area (Å²) in [5, 5.41) is 3.15. The molecule has 0 aliphatic rings. The van der Waals surface area contributed by atoms with E-state index in [4.69, 9.17) is 4.42 Å². The predicted octanol–water partition coefficient (Wildman–Crippen LogP) is 1.39. The lowest BCUT2D eigenvalue weighted by molar-refractivity contribution is 0.437. The summed E-state index contributed by atoms with van der Waals surface area (Å²) in [6, 6.07) is 0.447. The second-order valence-corrected chi connectivity index (χ2v) is 2.97. The van der Waals surface area contributed by atoms with Crippen LogP contribution in [0.3, 0.4) is 0 Å². The minimum absolute atomic E-state index is 0.447. The van der Waals surface area contributed by atoms with E-state index in [9.17, 15) is 0 Å². The van der Waals surface area contributed by atoms with Gasteiger partial charge in [0.2, 0.25) is 0 Å². The van der Waals surface area contributed by atoms with E-state index in [0.29, 0.717) is 6.04 Å². The van der Waals surface area contributed by atoms with Gasteiger partial charge in [0.05, 0.1) is 6.20 Å². The highest BCUT2D eigenvalue weighted by Crippen LogP contribution is 2.06. The molecule has 0 aliphatic heterocycles. The van der Waals surface area contributed by atoms with Crippen LogP contribution in [0.15, 0.2) is 10.6 Å². The molecule has 0 fully saturated rings. The minimum Gasteiger partial charge on any atom is -0.446 e. The van der Waals surface area contributed by atoms with E-state index in [0.717, 1.165) is 24.5 Å². The molecule has 1 N–H and O–H groups in total. The molecule has 0 amide bonds. The standard InChI is InChI=1S/C9H16N2O/c1-4-9-11-6-8(12-9)5-7(2)10-3/h6-7,10H,4-5H2,1-3H3. The molecule has 0 radical (unpaired) electrons. The summed E-state index contributed by atoms with van der Waals surface area (Å²) >= 11 is 0. The van der Waals surface area contributed by atoms with E-state index in [1.807, 2.05) is 20.2 Å². The SMILES string of the molecule is CCc1ncc(CC(C)NC)o1. The van der Waals surface area contributed by atoms with E-state index in [1.165, 1.54) is 0 Å². The van der Waals surface area contributed by atoms with Gasteiger partial charge in [-0.05, 0) is 14.0 Å². The first kappa shape index (κ1) is 9.26. The van der Waals surface area contributed by atoms with Gasteiger partial charge >= 0.3 is 0 Å². The quantitative estimate of drug-likeness (QED) is 0.738. The van der Waals surface area contributed by atoms with E-state index in [-0.39, 0.29) is 0 Å². The van der Waals surface area contributed by atoms with Gasteiger partial charge in [0.1, 0.15) is 5.76 Å². The molecule has 3 heteroatoms. The van der Waals surface area contributed by atoms with E-state index in [2.05, 4.69) is 17.2 Å². The lowest BCUT2D eigenvalue weighted by atomic mass is 10.2. The lowest BCUT2D eigenvalue weighted by Crippen LogP contribution is -2.23. The molecule has 0 aliphatic carbocycles. The molecule has 0 spiro atoms. The maximum absolute atomic E-state index is 5.45. The average Bonchev–Trinajstić information content (AvgIpc) is 2.52. The Labute approximate surface area is 73.2 Å². The molecule has 1 atom stereocenters. The van der Waals surface area contributed by atoms with Crippen LogP contribution in [0, 0.1) is 0 Å². The second kappa shape index (κ2) is 4.26. The minimum atomic E-state index is 0.447. The van der Waals surface area contributed by atoms with Crippen molar-refractivity contribution in [3.05, 3.63) is 17.8 Å². The molecular weight excluding hydrogens is 152 g/mol. The summed E-state index contributed by atoms with van der Waals surface area (Å²) in [6.45, 7) is 4.16. The maximum Gasteiger partial charge on any atom is 0.194 e. The van der Waals surface area contributed by atoms with E-state index in [1.54, 1.807) is 0 Å². The van der Waals surface area contributed by atoms with Gasteiger partial charge in [-0.1, -0.05) is 6.92 Å². The first-order chi connectivity index (χ1) is 5.76. The van der Waals surface area contributed by atoms with Crippen molar-refractivity contribution in [2.75, 3.05) is 7.05 Å². The highest BCUT2D eigenvalue weighted by atomic mass is 16.4. The summed E-state index contributed by atoms with van der Waals surface area (Å²) in [4.78, 5) is 4.13. The van der Waals surface area contributed by atoms with Gasteiger partial charge in [0.25, 0.3) is 0 Å². The number of oxazole rings is 1. The van der Waals surface area contributed by atoms with Gasteiger partial charge in [-0.25, -0.2) is 4.98 Å². The van der Waals surface area contributed by atoms with Gasteiger partial charge in [-0.15, -0.1) is 0 Å². The van der Waals surface area contributed by atoms with Crippen LogP contribution in [0.25, 0.3) is 0 Å². The van der Waals surface area contributed by atoms with Crippen LogP contribution in [-0.2, 0) is 12.8 Å². The molecule has 3 nitrogen and oxygen atoms in total. The van der Waals surface area contributed by atoms with Gasteiger partial charge in [-0.3, -0.25) is 0 Å². The molecule has 1 aromatic rings. The molecule has 1 aromatic heterocycles. The Morgan fingerprint density at radius 3 is 2.92 bits per heavy atom. The average molecular weight is 168 g/mol. The Hall–Kier alpha value is -0.830. The summed E-state index contributed by atoms with van der Waals surface area (Å²) in [6.07, 6.45) is 3.59. The van der Waals surface area contributed by atoms with Crippen LogP contribution >= 0.6 is 0 Å². The number of rotatable bonds is 4. The van der Waals surface area contributed by atoms with Crippen LogP contribution in [0.1, 0.15) is 25.5 Å². The summed E-state index contributed by atoms with van der Waals surface area (Å²) in [7, 11) is 1.95. The van der Waals surface area contributed by atoms with E-state index >= 15 is 0 Å². The van der Waals surface area contributed by atoms with Crippen molar-refractivity contribution < 1.29 is 4.42 Å². The Morgan fingerprint density at radius 1 is 1.67 bits per heavy atom. The van der Waals surface area contributed by atoms with Gasteiger partial charge in [-0.2, -0.15) is 0 Å². The topological polar surface area (TPSA) is 38.1 Å². The van der Waals surface area contributed by atoms with E-state index < -0.39 is 0 Å². The summed E-state index contributed by atoms with van der Waals surface area (Å²) in [5.74, 6) is 1.79. The Kier molecular flexibility index (Phi) is 3.29. The first-order valence-electron chi connectivity index (χ1n) is 4.37. The molecular formula is C9H16N2O. The smallest absolute Gasteiger partial charge is 0.194 e. The van der Waals surface area contributed by atoms with Crippen LogP contribution in [0.2, 0.25) is 0 Å². The molecule has 0 bridgehead atoms. The normalized spacial score (nSPS) is 13.2. The van der Waals surface area contributed by atoms with Crippen molar-refractivity contribution in [3.63, 3.8) is 0 Å². The molecule has 12 heavy (non-hydrogen) atoms.